The summed E-state index contributed by atoms with van der Waals surface area (Å²) in [6.07, 6.45) is 1.14. The lowest BCUT2D eigenvalue weighted by Crippen LogP contribution is -2.36. The standard InChI is InChI=1S/C13H24N2O3/c1-4-15-6-5-10(9-15)8-14-11(16)7-13(2,3)12(17)18/h10H,4-9H2,1-3H3,(H,14,16)(H,17,18). The Morgan fingerprint density at radius 2 is 2.11 bits per heavy atom. The summed E-state index contributed by atoms with van der Waals surface area (Å²) in [4.78, 5) is 25.0. The van der Waals surface area contributed by atoms with E-state index in [4.69, 9.17) is 5.11 Å². The number of hydrogen-bond donors (Lipinski definition) is 2. The number of nitrogens with zero attached hydrogens (tertiary/aromatic N) is 1. The van der Waals surface area contributed by atoms with Crippen LogP contribution in [0, 0.1) is 11.3 Å². The van der Waals surface area contributed by atoms with Gasteiger partial charge in [-0.25, -0.2) is 0 Å². The Balaban J connectivity index is 2.28. The van der Waals surface area contributed by atoms with E-state index in [2.05, 4.69) is 17.1 Å². The minimum absolute atomic E-state index is 0.0343. The minimum Gasteiger partial charge on any atom is -0.481 e. The number of aliphatic carboxylic acids is 1. The Labute approximate surface area is 109 Å². The molecule has 0 radical (unpaired) electrons. The molecule has 1 aliphatic heterocycles. The molecular formula is C13H24N2O3. The third-order valence-electron chi connectivity index (χ3n) is 3.59. The van der Waals surface area contributed by atoms with Crippen molar-refractivity contribution < 1.29 is 14.7 Å². The fourth-order valence-electron chi connectivity index (χ4n) is 2.16. The highest BCUT2D eigenvalue weighted by Crippen LogP contribution is 2.20. The number of likely N-dealkylation sites (tertiary alicyclic amines) is 1. The van der Waals surface area contributed by atoms with Crippen LogP contribution in [-0.4, -0.2) is 48.1 Å². The molecule has 0 aromatic heterocycles. The van der Waals surface area contributed by atoms with Crippen molar-refractivity contribution in [3.63, 3.8) is 0 Å². The summed E-state index contributed by atoms with van der Waals surface area (Å²) in [5.74, 6) is -0.602. The first kappa shape index (κ1) is 15.0. The summed E-state index contributed by atoms with van der Waals surface area (Å²) in [6.45, 7) is 9.11. The summed E-state index contributed by atoms with van der Waals surface area (Å²) in [5.41, 5.74) is -0.991. The van der Waals surface area contributed by atoms with Crippen molar-refractivity contribution in [1.29, 1.82) is 0 Å². The summed E-state index contributed by atoms with van der Waals surface area (Å²) in [5, 5.41) is 11.8. The molecule has 1 heterocycles. The van der Waals surface area contributed by atoms with Gasteiger partial charge in [-0.3, -0.25) is 9.59 Å². The maximum atomic E-state index is 11.7. The van der Waals surface area contributed by atoms with E-state index in [0.717, 1.165) is 26.1 Å². The molecule has 104 valence electrons. The van der Waals surface area contributed by atoms with Crippen molar-refractivity contribution in [3.8, 4) is 0 Å². The first-order valence-corrected chi connectivity index (χ1v) is 6.57. The Morgan fingerprint density at radius 1 is 1.44 bits per heavy atom. The Bertz CT molecular complexity index is 315. The van der Waals surface area contributed by atoms with Crippen LogP contribution in [0.5, 0.6) is 0 Å². The van der Waals surface area contributed by atoms with Crippen molar-refractivity contribution >= 4 is 11.9 Å². The van der Waals surface area contributed by atoms with Gasteiger partial charge >= 0.3 is 5.97 Å². The maximum Gasteiger partial charge on any atom is 0.309 e. The van der Waals surface area contributed by atoms with Crippen molar-refractivity contribution in [2.24, 2.45) is 11.3 Å². The summed E-state index contributed by atoms with van der Waals surface area (Å²) >= 11 is 0. The van der Waals surface area contributed by atoms with Crippen LogP contribution in [0.2, 0.25) is 0 Å². The predicted molar refractivity (Wildman–Crippen MR) is 69.3 cm³/mol. The number of amides is 1. The molecule has 0 aromatic rings. The molecule has 18 heavy (non-hydrogen) atoms. The highest BCUT2D eigenvalue weighted by Gasteiger charge is 2.30. The van der Waals surface area contributed by atoms with Gasteiger partial charge in [0.1, 0.15) is 0 Å². The molecule has 5 heteroatoms. The van der Waals surface area contributed by atoms with Gasteiger partial charge in [-0.15, -0.1) is 0 Å². The van der Waals surface area contributed by atoms with Crippen LogP contribution < -0.4 is 5.32 Å². The molecular weight excluding hydrogens is 232 g/mol. The van der Waals surface area contributed by atoms with Crippen LogP contribution in [0.3, 0.4) is 0 Å². The second kappa shape index (κ2) is 6.18. The minimum atomic E-state index is -0.991. The van der Waals surface area contributed by atoms with Crippen LogP contribution in [0.4, 0.5) is 0 Å². The quantitative estimate of drug-likeness (QED) is 0.742. The van der Waals surface area contributed by atoms with Gasteiger partial charge in [-0.05, 0) is 39.3 Å². The second-order valence-corrected chi connectivity index (χ2v) is 5.72. The average Bonchev–Trinajstić information content (AvgIpc) is 2.73. The number of nitrogens with one attached hydrogen (secondary N) is 1. The van der Waals surface area contributed by atoms with E-state index in [0.29, 0.717) is 12.5 Å². The van der Waals surface area contributed by atoms with Crippen LogP contribution in [0.15, 0.2) is 0 Å². The van der Waals surface area contributed by atoms with Crippen molar-refractivity contribution in [1.82, 2.24) is 10.2 Å². The highest BCUT2D eigenvalue weighted by atomic mass is 16.4. The Kier molecular flexibility index (Phi) is 5.14. The largest absolute Gasteiger partial charge is 0.481 e. The lowest BCUT2D eigenvalue weighted by atomic mass is 9.89. The molecule has 0 aromatic carbocycles. The fourth-order valence-corrected chi connectivity index (χ4v) is 2.16. The van der Waals surface area contributed by atoms with Gasteiger partial charge in [0.05, 0.1) is 5.41 Å². The predicted octanol–water partition coefficient (Wildman–Crippen LogP) is 0.945. The molecule has 1 rings (SSSR count). The van der Waals surface area contributed by atoms with E-state index < -0.39 is 11.4 Å². The summed E-state index contributed by atoms with van der Waals surface area (Å²) in [6, 6.07) is 0. The van der Waals surface area contributed by atoms with Gasteiger partial charge in [0.15, 0.2) is 0 Å². The molecule has 0 aliphatic carbocycles. The van der Waals surface area contributed by atoms with E-state index in [-0.39, 0.29) is 12.3 Å². The number of rotatable bonds is 6. The lowest BCUT2D eigenvalue weighted by molar-refractivity contribution is -0.149. The molecule has 1 aliphatic rings. The highest BCUT2D eigenvalue weighted by molar-refractivity contribution is 5.84. The maximum absolute atomic E-state index is 11.7. The van der Waals surface area contributed by atoms with Crippen molar-refractivity contribution in [3.05, 3.63) is 0 Å². The third-order valence-corrected chi connectivity index (χ3v) is 3.59. The van der Waals surface area contributed by atoms with E-state index in [9.17, 15) is 9.59 Å². The zero-order valence-electron chi connectivity index (χ0n) is 11.5. The van der Waals surface area contributed by atoms with Crippen LogP contribution in [0.25, 0.3) is 0 Å². The van der Waals surface area contributed by atoms with Gasteiger partial charge in [-0.1, -0.05) is 6.92 Å². The second-order valence-electron chi connectivity index (χ2n) is 5.72. The molecule has 1 unspecified atom stereocenters. The van der Waals surface area contributed by atoms with E-state index >= 15 is 0 Å². The number of carbonyl (C=O) groups excluding carboxylic acids is 1. The van der Waals surface area contributed by atoms with Crippen molar-refractivity contribution in [2.45, 2.75) is 33.6 Å². The Morgan fingerprint density at radius 3 is 2.61 bits per heavy atom. The average molecular weight is 256 g/mol. The van der Waals surface area contributed by atoms with Crippen LogP contribution in [0.1, 0.15) is 33.6 Å². The molecule has 1 fully saturated rings. The summed E-state index contributed by atoms with van der Waals surface area (Å²) < 4.78 is 0. The van der Waals surface area contributed by atoms with E-state index in [1.807, 2.05) is 0 Å². The fraction of sp³-hybridized carbons (Fsp3) is 0.846. The van der Waals surface area contributed by atoms with E-state index in [1.54, 1.807) is 13.8 Å². The van der Waals surface area contributed by atoms with Gasteiger partial charge in [0.2, 0.25) is 5.91 Å². The molecule has 2 N–H and O–H groups in total. The summed E-state index contributed by atoms with van der Waals surface area (Å²) in [7, 11) is 0. The van der Waals surface area contributed by atoms with Crippen LogP contribution in [-0.2, 0) is 9.59 Å². The zero-order chi connectivity index (χ0) is 13.8. The zero-order valence-corrected chi connectivity index (χ0v) is 11.5. The van der Waals surface area contributed by atoms with Gasteiger partial charge in [0, 0.05) is 19.5 Å². The molecule has 5 nitrogen and oxygen atoms in total. The first-order chi connectivity index (χ1) is 8.35. The first-order valence-electron chi connectivity index (χ1n) is 6.57. The molecule has 0 saturated carbocycles. The third kappa shape index (κ3) is 4.29. The van der Waals surface area contributed by atoms with Crippen LogP contribution >= 0.6 is 0 Å². The molecule has 1 atom stereocenters. The molecule has 1 saturated heterocycles. The van der Waals surface area contributed by atoms with Crippen molar-refractivity contribution in [2.75, 3.05) is 26.2 Å². The molecule has 1 amide bonds. The topological polar surface area (TPSA) is 69.6 Å². The normalized spacial score (nSPS) is 20.9. The lowest BCUT2D eigenvalue weighted by Gasteiger charge is -2.19. The monoisotopic (exact) mass is 256 g/mol. The van der Waals surface area contributed by atoms with Gasteiger partial charge in [-0.2, -0.15) is 0 Å². The smallest absolute Gasteiger partial charge is 0.309 e. The van der Waals surface area contributed by atoms with Gasteiger partial charge in [0.25, 0.3) is 0 Å². The molecule has 0 bridgehead atoms. The molecule has 0 spiro atoms. The van der Waals surface area contributed by atoms with Gasteiger partial charge < -0.3 is 15.3 Å². The van der Waals surface area contributed by atoms with E-state index in [1.165, 1.54) is 0 Å². The SMILES string of the molecule is CCN1CCC(CNC(=O)CC(C)(C)C(=O)O)C1. The Hall–Kier alpha value is -1.10. The number of carboxylic acid groups (broad SMARTS) is 1. The number of hydrogen-bond acceptors (Lipinski definition) is 3. The number of carboxylic acids is 1. The number of carbonyl (C=O) groups is 2.